The molecule has 5 nitrogen and oxygen atoms in total. The third kappa shape index (κ3) is 6.93. The van der Waals surface area contributed by atoms with Gasteiger partial charge in [-0.2, -0.15) is 0 Å². The molecule has 7 heteroatoms. The lowest BCUT2D eigenvalue weighted by Crippen LogP contribution is -2.23. The molecule has 0 aliphatic carbocycles. The first-order valence-electron chi connectivity index (χ1n) is 13.3. The van der Waals surface area contributed by atoms with E-state index in [2.05, 4.69) is 40.6 Å². The molecule has 0 radical (unpaired) electrons. The molecule has 4 aromatic rings. The van der Waals surface area contributed by atoms with Crippen molar-refractivity contribution in [2.24, 2.45) is 0 Å². The predicted molar refractivity (Wildman–Crippen MR) is 160 cm³/mol. The summed E-state index contributed by atoms with van der Waals surface area (Å²) in [6.45, 7) is 11.1. The molecule has 3 aromatic carbocycles. The van der Waals surface area contributed by atoms with E-state index < -0.39 is 11.6 Å². The Morgan fingerprint density at radius 3 is 2.48 bits per heavy atom. The summed E-state index contributed by atoms with van der Waals surface area (Å²) in [6, 6.07) is 21.2. The number of hydrogen-bond donors (Lipinski definition) is 2. The summed E-state index contributed by atoms with van der Waals surface area (Å²) in [5, 5.41) is 5.11. The minimum absolute atomic E-state index is 0. The molecule has 0 spiro atoms. The standard InChI is InChI=1S/C31H28F2N4O.C2H6.H2/c1-20-29(21(2)35-17-22-12-26(32)15-27(33)13-22)8-5-9-31(20)38-28-10-11-34-30(16-28)24-7-4-6-23(14-24)25-18-36-37(3)19-25;1-2;/h4-16,19,35-36H,2,17-18H2,1,3H3;1-2H3;1H. The van der Waals surface area contributed by atoms with Crippen LogP contribution in [0.5, 0.6) is 11.5 Å². The van der Waals surface area contributed by atoms with Gasteiger partial charge in [0.25, 0.3) is 0 Å². The minimum atomic E-state index is -0.609. The zero-order valence-corrected chi connectivity index (χ0v) is 23.3. The quantitative estimate of drug-likeness (QED) is 0.237. The maximum absolute atomic E-state index is 13.5. The normalized spacial score (nSPS) is 12.3. The van der Waals surface area contributed by atoms with Gasteiger partial charge < -0.3 is 15.1 Å². The Morgan fingerprint density at radius 1 is 1.02 bits per heavy atom. The summed E-state index contributed by atoms with van der Waals surface area (Å²) >= 11 is 0. The molecule has 1 aliphatic heterocycles. The van der Waals surface area contributed by atoms with Gasteiger partial charge in [-0.05, 0) is 54.0 Å². The third-order valence-corrected chi connectivity index (χ3v) is 6.39. The van der Waals surface area contributed by atoms with Crippen LogP contribution in [0, 0.1) is 18.6 Å². The van der Waals surface area contributed by atoms with Crippen molar-refractivity contribution in [2.75, 3.05) is 13.6 Å². The number of nitrogens with zero attached hydrogens (tertiary/aromatic N) is 2. The zero-order valence-electron chi connectivity index (χ0n) is 23.3. The van der Waals surface area contributed by atoms with Crippen LogP contribution < -0.4 is 15.5 Å². The van der Waals surface area contributed by atoms with Gasteiger partial charge in [-0.25, -0.2) is 14.2 Å². The zero-order chi connectivity index (χ0) is 28.6. The molecule has 1 aliphatic rings. The summed E-state index contributed by atoms with van der Waals surface area (Å²) in [5.41, 5.74) is 10.3. The van der Waals surface area contributed by atoms with Gasteiger partial charge in [0.05, 0.1) is 5.69 Å². The van der Waals surface area contributed by atoms with E-state index in [1.807, 2.05) is 75.3 Å². The van der Waals surface area contributed by atoms with Gasteiger partial charge in [-0.3, -0.25) is 4.98 Å². The monoisotopic (exact) mass is 542 g/mol. The topological polar surface area (TPSA) is 49.4 Å². The van der Waals surface area contributed by atoms with Crippen LogP contribution in [0.25, 0.3) is 22.5 Å². The second kappa shape index (κ2) is 13.0. The van der Waals surface area contributed by atoms with Crippen LogP contribution in [0.3, 0.4) is 0 Å². The number of aromatic nitrogens is 1. The Hall–Kier alpha value is -4.49. The number of benzene rings is 3. The summed E-state index contributed by atoms with van der Waals surface area (Å²) in [5.74, 6) is 0.125. The van der Waals surface area contributed by atoms with Gasteiger partial charge in [-0.1, -0.05) is 50.8 Å². The Labute approximate surface area is 236 Å². The van der Waals surface area contributed by atoms with Crippen LogP contribution in [-0.2, 0) is 6.54 Å². The lowest BCUT2D eigenvalue weighted by atomic mass is 10.0. The first kappa shape index (κ1) is 28.5. The molecular weight excluding hydrogens is 506 g/mol. The van der Waals surface area contributed by atoms with Crippen molar-refractivity contribution >= 4 is 11.3 Å². The Kier molecular flexibility index (Phi) is 9.30. The SMILES string of the molecule is C=C(NCc1cc(F)cc(F)c1)c1cccc(Oc2ccnc(-c3cccc(C4=CN(C)NC4)c3)c2)c1C.CC.[HH]. The number of rotatable bonds is 8. The molecule has 0 saturated heterocycles. The lowest BCUT2D eigenvalue weighted by molar-refractivity contribution is 0.374. The molecule has 2 heterocycles. The molecule has 2 N–H and O–H groups in total. The number of hydrazine groups is 1. The predicted octanol–water partition coefficient (Wildman–Crippen LogP) is 7.95. The molecule has 5 rings (SSSR count). The average molecular weight is 543 g/mol. The third-order valence-electron chi connectivity index (χ3n) is 6.39. The van der Waals surface area contributed by atoms with E-state index in [0.29, 0.717) is 22.8 Å². The van der Waals surface area contributed by atoms with Crippen molar-refractivity contribution in [3.8, 4) is 22.8 Å². The fraction of sp³-hybridized carbons (Fsp3) is 0.182. The highest BCUT2D eigenvalue weighted by Gasteiger charge is 2.13. The van der Waals surface area contributed by atoms with Crippen molar-refractivity contribution in [1.29, 1.82) is 0 Å². The summed E-state index contributed by atoms with van der Waals surface area (Å²) in [4.78, 5) is 4.56. The maximum Gasteiger partial charge on any atom is 0.131 e. The van der Waals surface area contributed by atoms with E-state index in [0.717, 1.165) is 40.6 Å². The molecule has 0 saturated carbocycles. The minimum Gasteiger partial charge on any atom is -0.457 e. The van der Waals surface area contributed by atoms with Gasteiger partial charge in [0.1, 0.15) is 23.1 Å². The largest absolute Gasteiger partial charge is 0.457 e. The highest BCUT2D eigenvalue weighted by molar-refractivity contribution is 5.73. The molecule has 0 bridgehead atoms. The number of hydrogen-bond acceptors (Lipinski definition) is 5. The van der Waals surface area contributed by atoms with Crippen molar-refractivity contribution in [2.45, 2.75) is 27.3 Å². The maximum atomic E-state index is 13.5. The number of ether oxygens (including phenoxy) is 1. The van der Waals surface area contributed by atoms with Crippen molar-refractivity contribution in [3.63, 3.8) is 0 Å². The second-order valence-electron chi connectivity index (χ2n) is 9.20. The second-order valence-corrected chi connectivity index (χ2v) is 9.20. The molecule has 0 fully saturated rings. The number of pyridine rings is 1. The molecule has 0 unspecified atom stereocenters. The highest BCUT2D eigenvalue weighted by Crippen LogP contribution is 2.32. The molecule has 0 atom stereocenters. The van der Waals surface area contributed by atoms with Crippen LogP contribution in [0.4, 0.5) is 8.78 Å². The molecular formula is C33H36F2N4O. The lowest BCUT2D eigenvalue weighted by Gasteiger charge is -2.16. The molecule has 0 amide bonds. The van der Waals surface area contributed by atoms with E-state index in [-0.39, 0.29) is 7.97 Å². The Bertz CT molecular complexity index is 1520. The van der Waals surface area contributed by atoms with Gasteiger partial charge in [0.2, 0.25) is 0 Å². The van der Waals surface area contributed by atoms with Crippen molar-refractivity contribution < 1.29 is 14.9 Å². The van der Waals surface area contributed by atoms with Crippen LogP contribution in [0.2, 0.25) is 0 Å². The van der Waals surface area contributed by atoms with E-state index in [4.69, 9.17) is 4.74 Å². The molecule has 1 aromatic heterocycles. The number of halogens is 2. The summed E-state index contributed by atoms with van der Waals surface area (Å²) in [7, 11) is 1.98. The van der Waals surface area contributed by atoms with Crippen LogP contribution >= 0.6 is 0 Å². The smallest absolute Gasteiger partial charge is 0.131 e. The first-order valence-corrected chi connectivity index (χ1v) is 13.3. The molecule has 40 heavy (non-hydrogen) atoms. The highest BCUT2D eigenvalue weighted by atomic mass is 19.1. The Morgan fingerprint density at radius 2 is 1.75 bits per heavy atom. The van der Waals surface area contributed by atoms with Gasteiger partial charge >= 0.3 is 0 Å². The number of nitrogens with one attached hydrogen (secondary N) is 2. The van der Waals surface area contributed by atoms with Crippen molar-refractivity contribution in [1.82, 2.24) is 20.7 Å². The summed E-state index contributed by atoms with van der Waals surface area (Å²) < 4.78 is 33.3. The fourth-order valence-electron chi connectivity index (χ4n) is 4.42. The first-order chi connectivity index (χ1) is 19.4. The average Bonchev–Trinajstić information content (AvgIpc) is 3.40. The van der Waals surface area contributed by atoms with Crippen LogP contribution in [0.15, 0.2) is 91.8 Å². The van der Waals surface area contributed by atoms with E-state index in [9.17, 15) is 8.78 Å². The fourth-order valence-corrected chi connectivity index (χ4v) is 4.42. The van der Waals surface area contributed by atoms with E-state index in [1.54, 1.807) is 6.20 Å². The summed E-state index contributed by atoms with van der Waals surface area (Å²) in [6.07, 6.45) is 3.82. The van der Waals surface area contributed by atoms with Gasteiger partial charge in [-0.15, -0.1) is 0 Å². The van der Waals surface area contributed by atoms with Crippen LogP contribution in [-0.4, -0.2) is 23.6 Å². The van der Waals surface area contributed by atoms with E-state index >= 15 is 0 Å². The molecule has 208 valence electrons. The van der Waals surface area contributed by atoms with Gasteiger partial charge in [0.15, 0.2) is 0 Å². The van der Waals surface area contributed by atoms with E-state index in [1.165, 1.54) is 17.7 Å². The Balaban J connectivity index is 0.00000151. The van der Waals surface area contributed by atoms with Crippen LogP contribution in [0.1, 0.15) is 37.5 Å². The van der Waals surface area contributed by atoms with Gasteiger partial charge in [0, 0.05) is 68.5 Å². The van der Waals surface area contributed by atoms with Crippen molar-refractivity contribution in [3.05, 3.63) is 126 Å².